The average Bonchev–Trinajstić information content (AvgIpc) is 0.918. The van der Waals surface area contributed by atoms with Crippen LogP contribution in [0.15, 0.2) is 0 Å². The Labute approximate surface area is 23.4 Å². The van der Waals surface area contributed by atoms with Crippen LogP contribution in [0, 0.1) is 0 Å². The molecule has 0 unspecified atom stereocenters. The molecular weight excluding hydrogens is 56.0 g/mol. The molecule has 4 nitrogen and oxygen atoms in total. The van der Waals surface area contributed by atoms with E-state index in [1.54, 1.807) is 0 Å². The van der Waals surface area contributed by atoms with E-state index in [9.17, 15) is 0 Å². The van der Waals surface area contributed by atoms with Gasteiger partial charge in [-0.2, -0.15) is 0 Å². The second kappa shape index (κ2) is 50.2. The van der Waals surface area contributed by atoms with Gasteiger partial charge in [-0.05, 0) is 0 Å². The molecule has 0 aliphatic rings. The van der Waals surface area contributed by atoms with E-state index < -0.39 is 0 Å². The van der Waals surface area contributed by atoms with E-state index in [2.05, 4.69) is 0 Å². The van der Waals surface area contributed by atoms with Crippen LogP contribution in [-0.4, -0.2) is 0 Å². The number of quaternary nitrogens is 1. The summed E-state index contributed by atoms with van der Waals surface area (Å²) in [7, 11) is 0. The fourth-order valence-electron chi connectivity index (χ4n) is 0. The van der Waals surface area contributed by atoms with Crippen molar-refractivity contribution < 1.29 is 0 Å². The molecule has 0 rings (SSSR count). The van der Waals surface area contributed by atoms with Crippen LogP contribution in [0.4, 0.5) is 0 Å². The van der Waals surface area contributed by atoms with Crippen LogP contribution >= 0.6 is 0 Å². The van der Waals surface area contributed by atoms with Crippen molar-refractivity contribution in [3.8, 4) is 0 Å². The summed E-state index contributed by atoms with van der Waals surface area (Å²) >= 11 is 0. The minimum absolute atomic E-state index is 0. The Morgan fingerprint density at radius 1 is 1.25 bits per heavy atom. The molecule has 4 N–H and O–H groups in total. The van der Waals surface area contributed by atoms with Gasteiger partial charge in [-0.15, -0.1) is 0 Å². The predicted molar refractivity (Wildman–Crippen MR) is 16.1 cm³/mol. The fraction of sp³-hybridized carbons (Fsp3) is 0. The molecule has 0 amide bonds. The maximum Gasteiger partial charge on any atom is -0.255 e. The van der Waals surface area contributed by atoms with E-state index in [-0.39, 0.29) is 6.15 Å². The van der Waals surface area contributed by atoms with E-state index >= 15 is 0 Å². The molecule has 24 valence electrons. The molecule has 0 saturated heterocycles. The third-order valence-corrected chi connectivity index (χ3v) is 0. The number of hydrogen-bond acceptors (Lipinski definition) is 0. The lowest BCUT2D eigenvalue weighted by Gasteiger charge is -1.31. The molecule has 0 aromatic heterocycles. The minimum Gasteiger partial charge on any atom is -0.373 e. The average molecular weight is 60.1 g/mol. The molecular formula is H4N4. The van der Waals surface area contributed by atoms with E-state index in [0.29, 0.717) is 0 Å². The Morgan fingerprint density at radius 3 is 1.25 bits per heavy atom. The first-order valence-corrected chi connectivity index (χ1v) is 0.400. The maximum absolute atomic E-state index is 6.75. The quantitative estimate of drug-likeness (QED) is 0.247. The monoisotopic (exact) mass is 60.0 g/mol. The molecule has 0 aliphatic heterocycles. The Hall–Kier alpha value is -0.730. The highest BCUT2D eigenvalue weighted by Crippen LogP contribution is 1.29. The molecule has 0 aliphatic carbocycles. The molecule has 0 radical (unpaired) electrons. The van der Waals surface area contributed by atoms with E-state index in [1.807, 2.05) is 0 Å². The summed E-state index contributed by atoms with van der Waals surface area (Å²) in [6, 6.07) is 0. The highest BCUT2D eigenvalue weighted by Gasteiger charge is 0.689. The van der Waals surface area contributed by atoms with Crippen molar-refractivity contribution in [1.29, 1.82) is 0 Å². The van der Waals surface area contributed by atoms with E-state index in [4.69, 9.17) is 11.1 Å². The first kappa shape index (κ1) is 10.4. The van der Waals surface area contributed by atoms with Crippen molar-refractivity contribution in [2.24, 2.45) is 0 Å². The van der Waals surface area contributed by atoms with Crippen LogP contribution in [-0.2, 0) is 0 Å². The van der Waals surface area contributed by atoms with Crippen LogP contribution in [0.5, 0.6) is 0 Å². The Balaban J connectivity index is 0. The fourth-order valence-corrected chi connectivity index (χ4v) is 0. The zero-order valence-electron chi connectivity index (χ0n) is 2.34. The summed E-state index contributed by atoms with van der Waals surface area (Å²) in [6.45, 7) is 0. The number of nitrogens with zero attached hydrogens (tertiary/aromatic N) is 3. The third-order valence-electron chi connectivity index (χ3n) is 0. The van der Waals surface area contributed by atoms with Gasteiger partial charge in [0.1, 0.15) is 0 Å². The normalized spacial score (nSPS) is 2.00. The third kappa shape index (κ3) is 0.174. The SMILES string of the molecule is [N-]=[N+]=[N-].[NH4+]. The van der Waals surface area contributed by atoms with Gasteiger partial charge in [0.25, 0.3) is 0 Å². The molecule has 0 aromatic rings. The smallest absolute Gasteiger partial charge is 0.255 e. The predicted octanol–water partition coefficient (Wildman–Crippen LogP) is 1.24. The molecule has 0 aromatic carbocycles. The van der Waals surface area contributed by atoms with Gasteiger partial charge < -0.3 is 17.2 Å². The Morgan fingerprint density at radius 2 is 1.25 bits per heavy atom. The van der Waals surface area contributed by atoms with Crippen LogP contribution in [0.25, 0.3) is 16.0 Å². The van der Waals surface area contributed by atoms with Crippen molar-refractivity contribution in [1.82, 2.24) is 6.15 Å². The second-order valence-electron chi connectivity index (χ2n) is 0.0894. The summed E-state index contributed by atoms with van der Waals surface area (Å²) in [5.41, 5.74) is 13.5. The van der Waals surface area contributed by atoms with E-state index in [1.165, 1.54) is 4.91 Å². The first-order valence-electron chi connectivity index (χ1n) is 0.400. The van der Waals surface area contributed by atoms with Gasteiger partial charge in [-0.3, -0.25) is 4.91 Å². The molecule has 0 saturated carbocycles. The van der Waals surface area contributed by atoms with Crippen molar-refractivity contribution in [3.05, 3.63) is 16.0 Å². The lowest BCUT2D eigenvalue weighted by Crippen LogP contribution is -0.711. The van der Waals surface area contributed by atoms with Gasteiger partial charge in [0, 0.05) is 0 Å². The summed E-state index contributed by atoms with van der Waals surface area (Å²) in [5.74, 6) is 0. The van der Waals surface area contributed by atoms with E-state index in [0.717, 1.165) is 0 Å². The lowest BCUT2D eigenvalue weighted by molar-refractivity contribution is 2.13. The maximum atomic E-state index is 6.75. The molecule has 4 heavy (non-hydrogen) atoms. The van der Waals surface area contributed by atoms with Crippen molar-refractivity contribution >= 4 is 0 Å². The van der Waals surface area contributed by atoms with Crippen LogP contribution in [0.2, 0.25) is 0 Å². The largest absolute Gasteiger partial charge is 0.373 e. The zero-order chi connectivity index (χ0) is 2.71. The van der Waals surface area contributed by atoms with Crippen LogP contribution in [0.1, 0.15) is 0 Å². The summed E-state index contributed by atoms with van der Waals surface area (Å²) in [4.78, 5) is 1.50. The van der Waals surface area contributed by atoms with Crippen molar-refractivity contribution in [2.75, 3.05) is 0 Å². The summed E-state index contributed by atoms with van der Waals surface area (Å²) < 4.78 is 0. The minimum atomic E-state index is 0. The highest BCUT2D eigenvalue weighted by molar-refractivity contribution is 4.36. The highest BCUT2D eigenvalue weighted by atomic mass is 15.0. The van der Waals surface area contributed by atoms with Gasteiger partial charge in [-0.1, -0.05) is 0 Å². The van der Waals surface area contributed by atoms with Gasteiger partial charge in [0.05, 0.1) is 0 Å². The molecule has 0 bridgehead atoms. The zero-order valence-corrected chi connectivity index (χ0v) is 2.34. The van der Waals surface area contributed by atoms with Gasteiger partial charge >= 0.3 is 0 Å². The second-order valence-corrected chi connectivity index (χ2v) is 0.0894. The Bertz CT molecular complexity index is 21.0. The van der Waals surface area contributed by atoms with Crippen LogP contribution in [0.3, 0.4) is 0 Å². The first-order chi connectivity index (χ1) is 1.41. The molecule has 0 atom stereocenters. The molecule has 0 heterocycles. The number of rotatable bonds is 0. The van der Waals surface area contributed by atoms with Gasteiger partial charge in [0.15, 0.2) is 0 Å². The van der Waals surface area contributed by atoms with Gasteiger partial charge in [-0.25, -0.2) is 0 Å². The standard InChI is InChI=1S/N3.H3N/c1-3-2;/h;1H3/q-1;/p+1. The molecule has 0 fully saturated rings. The lowest BCUT2D eigenvalue weighted by atomic mass is 13.0. The van der Waals surface area contributed by atoms with Crippen molar-refractivity contribution in [3.63, 3.8) is 0 Å². The topological polar surface area (TPSA) is 95.2 Å². The molecule has 4 heteroatoms. The summed E-state index contributed by atoms with van der Waals surface area (Å²) in [5, 5.41) is 0. The molecule has 0 spiro atoms. The van der Waals surface area contributed by atoms with Gasteiger partial charge in [0.2, 0.25) is 0 Å². The summed E-state index contributed by atoms with van der Waals surface area (Å²) in [6.07, 6.45) is 0. The Kier molecular flexibility index (Phi) is 131. The van der Waals surface area contributed by atoms with Crippen molar-refractivity contribution in [2.45, 2.75) is 0 Å². The van der Waals surface area contributed by atoms with Crippen LogP contribution < -0.4 is 6.15 Å². The number of hydrogen-bond donors (Lipinski definition) is 1.